The van der Waals surface area contributed by atoms with E-state index in [1.54, 1.807) is 18.2 Å². The highest BCUT2D eigenvalue weighted by Gasteiger charge is 2.30. The third kappa shape index (κ3) is 3.33. The molecule has 0 spiro atoms. The topological polar surface area (TPSA) is 51.7 Å². The van der Waals surface area contributed by atoms with Crippen molar-refractivity contribution >= 4 is 16.8 Å². The van der Waals surface area contributed by atoms with E-state index in [1.165, 1.54) is 0 Å². The Bertz CT molecular complexity index is 981. The van der Waals surface area contributed by atoms with Gasteiger partial charge in [0.15, 0.2) is 11.5 Å². The molecule has 1 aliphatic rings. The lowest BCUT2D eigenvalue weighted by Crippen LogP contribution is -2.38. The minimum atomic E-state index is -0.197. The van der Waals surface area contributed by atoms with Crippen LogP contribution in [0.4, 0.5) is 0 Å². The predicted molar refractivity (Wildman–Crippen MR) is 104 cm³/mol. The van der Waals surface area contributed by atoms with Crippen LogP contribution in [0.3, 0.4) is 0 Å². The van der Waals surface area contributed by atoms with E-state index in [-0.39, 0.29) is 11.8 Å². The van der Waals surface area contributed by atoms with E-state index in [4.69, 9.17) is 9.47 Å². The lowest BCUT2D eigenvalue weighted by atomic mass is 9.95. The monoisotopic (exact) mass is 362 g/mol. The number of hydrogen-bond donors (Lipinski definition) is 0. The van der Waals surface area contributed by atoms with Gasteiger partial charge < -0.3 is 14.4 Å². The fourth-order valence-electron chi connectivity index (χ4n) is 3.65. The Labute approximate surface area is 158 Å². The van der Waals surface area contributed by atoms with E-state index in [9.17, 15) is 4.79 Å². The van der Waals surface area contributed by atoms with Crippen LogP contribution in [0.2, 0.25) is 0 Å². The van der Waals surface area contributed by atoms with Crippen molar-refractivity contribution in [2.24, 2.45) is 5.92 Å². The Hall–Kier alpha value is -3.08. The second-order valence-electron chi connectivity index (χ2n) is 6.85. The number of pyridine rings is 1. The number of hydrogen-bond acceptors (Lipinski definition) is 4. The first kappa shape index (κ1) is 17.3. The second kappa shape index (κ2) is 7.27. The third-order valence-corrected chi connectivity index (χ3v) is 5.02. The average Bonchev–Trinajstić information content (AvgIpc) is 2.72. The lowest BCUT2D eigenvalue weighted by molar-refractivity contribution is -0.136. The van der Waals surface area contributed by atoms with Gasteiger partial charge in [0.1, 0.15) is 6.61 Å². The molecule has 0 radical (unpaired) electrons. The summed E-state index contributed by atoms with van der Waals surface area (Å²) < 4.78 is 11.2. The van der Waals surface area contributed by atoms with Crippen LogP contribution in [-0.4, -0.2) is 36.6 Å². The molecule has 2 heterocycles. The van der Waals surface area contributed by atoms with Crippen LogP contribution in [0.25, 0.3) is 10.9 Å². The minimum Gasteiger partial charge on any atom is -0.493 e. The molecule has 3 aromatic rings. The van der Waals surface area contributed by atoms with E-state index >= 15 is 0 Å². The van der Waals surface area contributed by atoms with Crippen molar-refractivity contribution in [1.29, 1.82) is 0 Å². The molecule has 4 rings (SSSR count). The number of rotatable bonds is 4. The summed E-state index contributed by atoms with van der Waals surface area (Å²) in [6.07, 6.45) is 2.44. The second-order valence-corrected chi connectivity index (χ2v) is 6.85. The molecule has 0 saturated heterocycles. The number of benzene rings is 2. The van der Waals surface area contributed by atoms with E-state index in [1.807, 2.05) is 55.6 Å². The van der Waals surface area contributed by atoms with Crippen LogP contribution in [-0.2, 0) is 17.8 Å². The molecule has 0 N–H and O–H groups in total. The van der Waals surface area contributed by atoms with Crippen LogP contribution in [0.1, 0.15) is 11.1 Å². The van der Waals surface area contributed by atoms with Gasteiger partial charge in [0, 0.05) is 25.2 Å². The first-order valence-corrected chi connectivity index (χ1v) is 9.03. The number of amides is 1. The van der Waals surface area contributed by atoms with Crippen LogP contribution in [0.5, 0.6) is 11.5 Å². The summed E-state index contributed by atoms with van der Waals surface area (Å²) in [5, 5.41) is 1.08. The summed E-state index contributed by atoms with van der Waals surface area (Å²) in [7, 11) is 3.47. The summed E-state index contributed by atoms with van der Waals surface area (Å²) in [4.78, 5) is 19.2. The molecule has 5 heteroatoms. The van der Waals surface area contributed by atoms with Gasteiger partial charge in [0.2, 0.25) is 5.91 Å². The summed E-state index contributed by atoms with van der Waals surface area (Å²) in [5.41, 5.74) is 3.00. The van der Waals surface area contributed by atoms with Gasteiger partial charge in [-0.2, -0.15) is 0 Å². The van der Waals surface area contributed by atoms with E-state index in [0.717, 1.165) is 27.8 Å². The molecular formula is C22H22N2O3. The van der Waals surface area contributed by atoms with Crippen molar-refractivity contribution in [2.45, 2.75) is 13.0 Å². The molecule has 138 valence electrons. The van der Waals surface area contributed by atoms with Gasteiger partial charge >= 0.3 is 0 Å². The Morgan fingerprint density at radius 1 is 1.22 bits per heavy atom. The lowest BCUT2D eigenvalue weighted by Gasteiger charge is -2.29. The zero-order valence-electron chi connectivity index (χ0n) is 15.5. The van der Waals surface area contributed by atoms with Gasteiger partial charge in [-0.25, -0.2) is 0 Å². The van der Waals surface area contributed by atoms with E-state index in [2.05, 4.69) is 4.98 Å². The molecule has 0 saturated carbocycles. The molecule has 0 aliphatic carbocycles. The highest BCUT2D eigenvalue weighted by Crippen LogP contribution is 2.36. The molecule has 1 unspecified atom stereocenters. The summed E-state index contributed by atoms with van der Waals surface area (Å²) >= 11 is 0. The summed E-state index contributed by atoms with van der Waals surface area (Å²) in [6, 6.07) is 15.8. The Morgan fingerprint density at radius 2 is 2.04 bits per heavy atom. The first-order valence-electron chi connectivity index (χ1n) is 9.03. The molecule has 27 heavy (non-hydrogen) atoms. The number of aromatic nitrogens is 1. The van der Waals surface area contributed by atoms with E-state index < -0.39 is 0 Å². The quantitative estimate of drug-likeness (QED) is 0.713. The highest BCUT2D eigenvalue weighted by atomic mass is 16.5. The zero-order valence-corrected chi connectivity index (χ0v) is 15.5. The number of para-hydroxylation sites is 2. The van der Waals surface area contributed by atoms with Crippen molar-refractivity contribution < 1.29 is 14.3 Å². The molecular weight excluding hydrogens is 340 g/mol. The van der Waals surface area contributed by atoms with Gasteiger partial charge in [-0.3, -0.25) is 9.78 Å². The Balaban J connectivity index is 1.51. The maximum absolute atomic E-state index is 13.0. The van der Waals surface area contributed by atoms with Crippen molar-refractivity contribution in [2.75, 3.05) is 20.8 Å². The normalized spacial score (nSPS) is 15.7. The van der Waals surface area contributed by atoms with Gasteiger partial charge in [-0.05, 0) is 29.7 Å². The molecule has 0 bridgehead atoms. The minimum absolute atomic E-state index is 0.0800. The van der Waals surface area contributed by atoms with Crippen LogP contribution >= 0.6 is 0 Å². The number of nitrogens with zero attached hydrogens (tertiary/aromatic N) is 2. The first-order chi connectivity index (χ1) is 13.2. The molecule has 1 amide bonds. The van der Waals surface area contributed by atoms with Gasteiger partial charge in [0.05, 0.1) is 18.5 Å². The molecule has 2 aromatic carbocycles. The smallest absolute Gasteiger partial charge is 0.229 e. The Morgan fingerprint density at radius 3 is 2.89 bits per heavy atom. The number of carbonyl (C=O) groups is 1. The third-order valence-electron chi connectivity index (χ3n) is 5.02. The fourth-order valence-corrected chi connectivity index (χ4v) is 3.65. The molecule has 1 aromatic heterocycles. The fraction of sp³-hybridized carbons (Fsp3) is 0.273. The standard InChI is InChI=1S/C22H22N2O3/c1-24(13-17-8-3-6-15-9-5-11-23-20(15)17)22(25)18-12-16-7-4-10-19(26-2)21(16)27-14-18/h3-11,18H,12-14H2,1-2H3. The summed E-state index contributed by atoms with van der Waals surface area (Å²) in [6.45, 7) is 0.888. The maximum atomic E-state index is 13.0. The zero-order chi connectivity index (χ0) is 18.8. The number of methoxy groups -OCH3 is 1. The highest BCUT2D eigenvalue weighted by molar-refractivity contribution is 5.83. The molecule has 5 nitrogen and oxygen atoms in total. The van der Waals surface area contributed by atoms with Crippen LogP contribution < -0.4 is 9.47 Å². The largest absolute Gasteiger partial charge is 0.493 e. The van der Waals surface area contributed by atoms with Crippen molar-refractivity contribution in [3.63, 3.8) is 0 Å². The molecule has 1 atom stereocenters. The van der Waals surface area contributed by atoms with Crippen molar-refractivity contribution in [1.82, 2.24) is 9.88 Å². The number of carbonyl (C=O) groups excluding carboxylic acids is 1. The van der Waals surface area contributed by atoms with Gasteiger partial charge in [-0.1, -0.05) is 36.4 Å². The maximum Gasteiger partial charge on any atom is 0.229 e. The molecule has 1 aliphatic heterocycles. The SMILES string of the molecule is COc1cccc2c1OCC(C(=O)N(C)Cc1cccc3cccnc13)C2. The Kier molecular flexibility index (Phi) is 4.67. The van der Waals surface area contributed by atoms with Crippen molar-refractivity contribution in [3.8, 4) is 11.5 Å². The van der Waals surface area contributed by atoms with Crippen molar-refractivity contribution in [3.05, 3.63) is 65.9 Å². The summed E-state index contributed by atoms with van der Waals surface area (Å²) in [5.74, 6) is 1.35. The number of ether oxygens (including phenoxy) is 2. The van der Waals surface area contributed by atoms with Crippen LogP contribution in [0.15, 0.2) is 54.7 Å². The van der Waals surface area contributed by atoms with E-state index in [0.29, 0.717) is 25.3 Å². The number of fused-ring (bicyclic) bond motifs is 2. The average molecular weight is 362 g/mol. The van der Waals surface area contributed by atoms with Crippen LogP contribution in [0, 0.1) is 5.92 Å². The molecule has 0 fully saturated rings. The van der Waals surface area contributed by atoms with Gasteiger partial charge in [-0.15, -0.1) is 0 Å². The predicted octanol–water partition coefficient (Wildman–Crippen LogP) is 3.45. The van der Waals surface area contributed by atoms with Gasteiger partial charge in [0.25, 0.3) is 0 Å².